The molecule has 0 saturated carbocycles. The number of para-hydroxylation sites is 1. The highest BCUT2D eigenvalue weighted by molar-refractivity contribution is 8.00. The van der Waals surface area contributed by atoms with Crippen molar-refractivity contribution in [2.24, 2.45) is 0 Å². The number of anilines is 1. The van der Waals surface area contributed by atoms with Crippen LogP contribution in [0.3, 0.4) is 0 Å². The van der Waals surface area contributed by atoms with Gasteiger partial charge in [-0.05, 0) is 42.2 Å². The van der Waals surface area contributed by atoms with Gasteiger partial charge in [0.2, 0.25) is 5.91 Å². The Bertz CT molecular complexity index is 625. The molecule has 1 amide bonds. The van der Waals surface area contributed by atoms with Crippen molar-refractivity contribution in [2.45, 2.75) is 38.4 Å². The lowest BCUT2D eigenvalue weighted by molar-refractivity contribution is -0.115. The highest BCUT2D eigenvalue weighted by Gasteiger charge is 2.15. The first kappa shape index (κ1) is 17.6. The monoisotopic (exact) mass is 327 g/mol. The van der Waals surface area contributed by atoms with Crippen molar-refractivity contribution in [3.05, 3.63) is 65.7 Å². The summed E-state index contributed by atoms with van der Waals surface area (Å²) >= 11 is 1.70. The molecule has 0 spiro atoms. The van der Waals surface area contributed by atoms with Crippen molar-refractivity contribution in [3.63, 3.8) is 0 Å². The number of hydrogen-bond donors (Lipinski definition) is 1. The van der Waals surface area contributed by atoms with Gasteiger partial charge in [-0.1, -0.05) is 62.4 Å². The van der Waals surface area contributed by atoms with Crippen LogP contribution in [0.15, 0.2) is 54.6 Å². The number of hydrogen-bond acceptors (Lipinski definition) is 2. The molecule has 0 radical (unpaired) electrons. The maximum absolute atomic E-state index is 12.4. The predicted octanol–water partition coefficient (Wildman–Crippen LogP) is 5.11. The van der Waals surface area contributed by atoms with Crippen LogP contribution in [0.2, 0.25) is 0 Å². The number of rotatable bonds is 7. The summed E-state index contributed by atoms with van der Waals surface area (Å²) in [7, 11) is 0. The van der Waals surface area contributed by atoms with E-state index in [9.17, 15) is 4.79 Å². The lowest BCUT2D eigenvalue weighted by atomic mass is 10.0. The summed E-state index contributed by atoms with van der Waals surface area (Å²) in [6.07, 6.45) is 0.992. The minimum absolute atomic E-state index is 0.0565. The zero-order chi connectivity index (χ0) is 16.7. The maximum atomic E-state index is 12.4. The van der Waals surface area contributed by atoms with Gasteiger partial charge in [0.25, 0.3) is 0 Å². The Kier molecular flexibility index (Phi) is 6.72. The van der Waals surface area contributed by atoms with Gasteiger partial charge in [-0.2, -0.15) is 0 Å². The molecule has 0 aromatic heterocycles. The van der Waals surface area contributed by atoms with Gasteiger partial charge in [-0.25, -0.2) is 0 Å². The summed E-state index contributed by atoms with van der Waals surface area (Å²) in [5.41, 5.74) is 3.43. The fraction of sp³-hybridized carbons (Fsp3) is 0.350. The highest BCUT2D eigenvalue weighted by Crippen LogP contribution is 2.24. The quantitative estimate of drug-likeness (QED) is 0.765. The van der Waals surface area contributed by atoms with E-state index < -0.39 is 0 Å². The predicted molar refractivity (Wildman–Crippen MR) is 101 cm³/mol. The molecule has 1 unspecified atom stereocenters. The molecule has 2 aromatic carbocycles. The molecule has 23 heavy (non-hydrogen) atoms. The van der Waals surface area contributed by atoms with Gasteiger partial charge in [0.1, 0.15) is 0 Å². The zero-order valence-corrected chi connectivity index (χ0v) is 14.9. The third kappa shape index (κ3) is 5.43. The number of benzene rings is 2. The number of aryl methyl sites for hydroxylation is 1. The van der Waals surface area contributed by atoms with E-state index in [1.54, 1.807) is 11.8 Å². The van der Waals surface area contributed by atoms with Crippen LogP contribution in [0.25, 0.3) is 0 Å². The first-order chi connectivity index (χ1) is 11.1. The first-order valence-corrected chi connectivity index (χ1v) is 9.18. The van der Waals surface area contributed by atoms with Crippen molar-refractivity contribution in [1.82, 2.24) is 0 Å². The van der Waals surface area contributed by atoms with E-state index in [4.69, 9.17) is 0 Å². The van der Waals surface area contributed by atoms with Crippen LogP contribution < -0.4 is 5.32 Å². The van der Waals surface area contributed by atoms with E-state index in [1.165, 1.54) is 11.1 Å². The Labute approximate surface area is 143 Å². The lowest BCUT2D eigenvalue weighted by Crippen LogP contribution is -2.23. The molecule has 1 N–H and O–H groups in total. The van der Waals surface area contributed by atoms with Gasteiger partial charge in [0.05, 0.1) is 5.25 Å². The molecule has 0 bridgehead atoms. The molecule has 0 aliphatic heterocycles. The van der Waals surface area contributed by atoms with Crippen LogP contribution >= 0.6 is 11.8 Å². The summed E-state index contributed by atoms with van der Waals surface area (Å²) in [6, 6.07) is 18.4. The Morgan fingerprint density at radius 1 is 1.00 bits per heavy atom. The fourth-order valence-electron chi connectivity index (χ4n) is 2.42. The topological polar surface area (TPSA) is 29.1 Å². The van der Waals surface area contributed by atoms with E-state index in [2.05, 4.69) is 49.5 Å². The van der Waals surface area contributed by atoms with Crippen molar-refractivity contribution in [1.29, 1.82) is 0 Å². The number of thioether (sulfide) groups is 1. The molecular weight excluding hydrogens is 302 g/mol. The molecule has 2 nitrogen and oxygen atoms in total. The Balaban J connectivity index is 1.86. The molecule has 0 aliphatic carbocycles. The molecular formula is C20H25NOS. The van der Waals surface area contributed by atoms with E-state index in [1.807, 2.05) is 31.2 Å². The second-order valence-corrected chi connectivity index (χ2v) is 7.43. The SMILES string of the molecule is CC(SCCc1ccccc1)C(=O)Nc1ccccc1C(C)C. The summed E-state index contributed by atoms with van der Waals surface area (Å²) < 4.78 is 0. The van der Waals surface area contributed by atoms with Crippen LogP contribution in [0.4, 0.5) is 5.69 Å². The summed E-state index contributed by atoms with van der Waals surface area (Å²) in [6.45, 7) is 6.26. The van der Waals surface area contributed by atoms with E-state index >= 15 is 0 Å². The average Bonchev–Trinajstić information content (AvgIpc) is 2.56. The smallest absolute Gasteiger partial charge is 0.237 e. The molecule has 3 heteroatoms. The van der Waals surface area contributed by atoms with Crippen LogP contribution in [0.5, 0.6) is 0 Å². The number of carbonyl (C=O) groups is 1. The van der Waals surface area contributed by atoms with Gasteiger partial charge in [0.15, 0.2) is 0 Å². The zero-order valence-electron chi connectivity index (χ0n) is 14.1. The van der Waals surface area contributed by atoms with Crippen molar-refractivity contribution >= 4 is 23.4 Å². The normalized spacial score (nSPS) is 12.2. The standard InChI is InChI=1S/C20H25NOS/c1-15(2)18-11-7-8-12-19(18)21-20(22)16(3)23-14-13-17-9-5-4-6-10-17/h4-12,15-16H,13-14H2,1-3H3,(H,21,22). The van der Waals surface area contributed by atoms with Crippen LogP contribution in [0.1, 0.15) is 37.8 Å². The van der Waals surface area contributed by atoms with Crippen molar-refractivity contribution in [2.75, 3.05) is 11.1 Å². The molecule has 0 aliphatic rings. The Hall–Kier alpha value is -1.74. The molecule has 0 heterocycles. The summed E-state index contributed by atoms with van der Waals surface area (Å²) in [5, 5.41) is 3.02. The minimum atomic E-state index is -0.0565. The van der Waals surface area contributed by atoms with E-state index in [-0.39, 0.29) is 11.2 Å². The molecule has 0 saturated heterocycles. The first-order valence-electron chi connectivity index (χ1n) is 8.13. The van der Waals surface area contributed by atoms with Crippen LogP contribution in [-0.2, 0) is 11.2 Å². The Morgan fingerprint density at radius 3 is 2.35 bits per heavy atom. The number of nitrogens with one attached hydrogen (secondary N) is 1. The van der Waals surface area contributed by atoms with Gasteiger partial charge >= 0.3 is 0 Å². The summed E-state index contributed by atoms with van der Waals surface area (Å²) in [4.78, 5) is 12.4. The molecule has 2 rings (SSSR count). The van der Waals surface area contributed by atoms with Crippen molar-refractivity contribution < 1.29 is 4.79 Å². The lowest BCUT2D eigenvalue weighted by Gasteiger charge is -2.16. The Morgan fingerprint density at radius 2 is 1.65 bits per heavy atom. The molecule has 122 valence electrons. The third-order valence-corrected chi connectivity index (χ3v) is 4.97. The van der Waals surface area contributed by atoms with Gasteiger partial charge in [-0.3, -0.25) is 4.79 Å². The summed E-state index contributed by atoms with van der Waals surface area (Å²) in [5.74, 6) is 1.42. The van der Waals surface area contributed by atoms with Gasteiger partial charge in [0, 0.05) is 5.69 Å². The van der Waals surface area contributed by atoms with E-state index in [0.29, 0.717) is 5.92 Å². The molecule has 2 aromatic rings. The number of amides is 1. The van der Waals surface area contributed by atoms with Gasteiger partial charge < -0.3 is 5.32 Å². The second-order valence-electron chi connectivity index (χ2n) is 5.98. The average molecular weight is 327 g/mol. The van der Waals surface area contributed by atoms with Crippen molar-refractivity contribution in [3.8, 4) is 0 Å². The number of carbonyl (C=O) groups excluding carboxylic acids is 1. The second kappa shape index (κ2) is 8.78. The van der Waals surface area contributed by atoms with Gasteiger partial charge in [-0.15, -0.1) is 11.8 Å². The van der Waals surface area contributed by atoms with Crippen LogP contribution in [-0.4, -0.2) is 16.9 Å². The largest absolute Gasteiger partial charge is 0.325 e. The van der Waals surface area contributed by atoms with Crippen LogP contribution in [0, 0.1) is 0 Å². The maximum Gasteiger partial charge on any atom is 0.237 e. The van der Waals surface area contributed by atoms with E-state index in [0.717, 1.165) is 17.9 Å². The molecule has 1 atom stereocenters. The molecule has 0 fully saturated rings. The fourth-order valence-corrected chi connectivity index (χ4v) is 3.34. The third-order valence-electron chi connectivity index (χ3n) is 3.81. The highest BCUT2D eigenvalue weighted by atomic mass is 32.2. The minimum Gasteiger partial charge on any atom is -0.325 e.